The van der Waals surface area contributed by atoms with Gasteiger partial charge in [-0.15, -0.1) is 0 Å². The molecule has 2 rings (SSSR count). The first kappa shape index (κ1) is 16.8. The lowest BCUT2D eigenvalue weighted by atomic mass is 10.1. The number of halogens is 1. The molecule has 23 heavy (non-hydrogen) atoms. The van der Waals surface area contributed by atoms with Crippen LogP contribution >= 0.6 is 11.6 Å². The van der Waals surface area contributed by atoms with Crippen molar-refractivity contribution in [1.82, 2.24) is 0 Å². The van der Waals surface area contributed by atoms with Crippen LogP contribution in [-0.2, 0) is 4.79 Å². The Morgan fingerprint density at radius 2 is 2.09 bits per heavy atom. The minimum Gasteiger partial charge on any atom is -0.483 e. The van der Waals surface area contributed by atoms with Gasteiger partial charge in [0.05, 0.1) is 6.21 Å². The number of benzene rings is 2. The predicted molar refractivity (Wildman–Crippen MR) is 90.9 cm³/mol. The molecule has 0 aromatic heterocycles. The third-order valence-electron chi connectivity index (χ3n) is 3.18. The molecule has 0 atom stereocenters. The van der Waals surface area contributed by atoms with Crippen molar-refractivity contribution in [3.8, 4) is 5.75 Å². The van der Waals surface area contributed by atoms with Crippen LogP contribution < -0.4 is 10.1 Å². The summed E-state index contributed by atoms with van der Waals surface area (Å²) in [5.41, 5.74) is 3.35. The highest BCUT2D eigenvalue weighted by molar-refractivity contribution is 6.30. The Kier molecular flexibility index (Phi) is 5.60. The van der Waals surface area contributed by atoms with Crippen LogP contribution in [0.4, 0.5) is 5.69 Å². The third-order valence-corrected chi connectivity index (χ3v) is 3.42. The fourth-order valence-corrected chi connectivity index (χ4v) is 2.28. The number of hydrogen-bond acceptors (Lipinski definition) is 4. The second-order valence-corrected chi connectivity index (χ2v) is 5.52. The summed E-state index contributed by atoms with van der Waals surface area (Å²) in [6.45, 7) is 3.76. The van der Waals surface area contributed by atoms with Crippen molar-refractivity contribution in [2.24, 2.45) is 5.16 Å². The smallest absolute Gasteiger partial charge is 0.262 e. The first-order valence-electron chi connectivity index (χ1n) is 6.96. The van der Waals surface area contributed by atoms with Gasteiger partial charge in [-0.25, -0.2) is 0 Å². The summed E-state index contributed by atoms with van der Waals surface area (Å²) in [5.74, 6) is 0.127. The van der Waals surface area contributed by atoms with Gasteiger partial charge in [-0.3, -0.25) is 4.79 Å². The van der Waals surface area contributed by atoms with Gasteiger partial charge in [0.25, 0.3) is 5.91 Å². The third kappa shape index (κ3) is 4.72. The summed E-state index contributed by atoms with van der Waals surface area (Å²) >= 11 is 5.87. The number of rotatable bonds is 5. The van der Waals surface area contributed by atoms with E-state index in [0.717, 1.165) is 16.8 Å². The van der Waals surface area contributed by atoms with Crippen molar-refractivity contribution in [2.75, 3.05) is 11.9 Å². The van der Waals surface area contributed by atoms with Gasteiger partial charge < -0.3 is 15.3 Å². The van der Waals surface area contributed by atoms with E-state index in [9.17, 15) is 4.79 Å². The molecule has 0 saturated carbocycles. The maximum Gasteiger partial charge on any atom is 0.262 e. The fraction of sp³-hybridized carbons (Fsp3) is 0.176. The van der Waals surface area contributed by atoms with Gasteiger partial charge in [-0.2, -0.15) is 0 Å². The first-order chi connectivity index (χ1) is 11.0. The number of nitrogens with zero attached hydrogens (tertiary/aromatic N) is 1. The first-order valence-corrected chi connectivity index (χ1v) is 7.34. The normalized spacial score (nSPS) is 10.7. The van der Waals surface area contributed by atoms with Crippen LogP contribution in [0.1, 0.15) is 16.7 Å². The van der Waals surface area contributed by atoms with Gasteiger partial charge in [0.1, 0.15) is 5.75 Å². The summed E-state index contributed by atoms with van der Waals surface area (Å²) in [7, 11) is 0. The predicted octanol–water partition coefficient (Wildman–Crippen LogP) is 3.78. The standard InChI is InChI=1S/C17H17ClN2O3/c1-11-3-5-15(12(2)7-11)20-17(21)10-23-16-6-4-14(18)8-13(16)9-19-22/h3-9,22H,10H2,1-2H3,(H,20,21)/b19-9+. The molecular formula is C17H17ClN2O3. The molecule has 2 aromatic carbocycles. The Labute approximate surface area is 139 Å². The highest BCUT2D eigenvalue weighted by Gasteiger charge is 2.08. The zero-order chi connectivity index (χ0) is 16.8. The largest absolute Gasteiger partial charge is 0.483 e. The van der Waals surface area contributed by atoms with Crippen molar-refractivity contribution in [3.63, 3.8) is 0 Å². The number of oxime groups is 1. The molecule has 120 valence electrons. The van der Waals surface area contributed by atoms with Gasteiger partial charge in [0, 0.05) is 16.3 Å². The summed E-state index contributed by atoms with van der Waals surface area (Å²) in [6.07, 6.45) is 1.20. The lowest BCUT2D eigenvalue weighted by molar-refractivity contribution is -0.118. The van der Waals surface area contributed by atoms with E-state index < -0.39 is 0 Å². The van der Waals surface area contributed by atoms with E-state index in [2.05, 4.69) is 10.5 Å². The lowest BCUT2D eigenvalue weighted by Gasteiger charge is -2.11. The quantitative estimate of drug-likeness (QED) is 0.497. The van der Waals surface area contributed by atoms with Gasteiger partial charge in [0.15, 0.2) is 6.61 Å². The van der Waals surface area contributed by atoms with Crippen LogP contribution in [0, 0.1) is 13.8 Å². The zero-order valence-electron chi connectivity index (χ0n) is 12.8. The molecule has 0 aliphatic rings. The molecule has 0 heterocycles. The molecule has 0 unspecified atom stereocenters. The number of carbonyl (C=O) groups excluding carboxylic acids is 1. The van der Waals surface area contributed by atoms with Crippen LogP contribution in [0.3, 0.4) is 0 Å². The van der Waals surface area contributed by atoms with Crippen LogP contribution in [0.15, 0.2) is 41.6 Å². The van der Waals surface area contributed by atoms with Crippen LogP contribution in [0.5, 0.6) is 5.75 Å². The number of aryl methyl sites for hydroxylation is 2. The number of anilines is 1. The molecule has 0 aliphatic heterocycles. The molecule has 5 nitrogen and oxygen atoms in total. The Balaban J connectivity index is 2.02. The Hall–Kier alpha value is -2.53. The Morgan fingerprint density at radius 1 is 1.30 bits per heavy atom. The molecule has 0 radical (unpaired) electrons. The molecule has 0 saturated heterocycles. The number of ether oxygens (including phenoxy) is 1. The highest BCUT2D eigenvalue weighted by atomic mass is 35.5. The second-order valence-electron chi connectivity index (χ2n) is 5.08. The lowest BCUT2D eigenvalue weighted by Crippen LogP contribution is -2.21. The van der Waals surface area contributed by atoms with Gasteiger partial charge in [0.2, 0.25) is 0 Å². The topological polar surface area (TPSA) is 70.9 Å². The maximum absolute atomic E-state index is 12.0. The van der Waals surface area contributed by atoms with Gasteiger partial charge >= 0.3 is 0 Å². The van der Waals surface area contributed by atoms with E-state index in [1.165, 1.54) is 6.21 Å². The van der Waals surface area contributed by atoms with E-state index in [1.54, 1.807) is 18.2 Å². The van der Waals surface area contributed by atoms with E-state index in [1.807, 2.05) is 32.0 Å². The van der Waals surface area contributed by atoms with Crippen LogP contribution in [0.25, 0.3) is 0 Å². The number of nitrogens with one attached hydrogen (secondary N) is 1. The van der Waals surface area contributed by atoms with Crippen LogP contribution in [0.2, 0.25) is 5.02 Å². The second kappa shape index (κ2) is 7.65. The summed E-state index contributed by atoms with van der Waals surface area (Å²) in [5, 5.41) is 14.9. The average Bonchev–Trinajstić information content (AvgIpc) is 2.50. The summed E-state index contributed by atoms with van der Waals surface area (Å²) < 4.78 is 5.47. The van der Waals surface area contributed by atoms with Gasteiger partial charge in [-0.05, 0) is 43.7 Å². The monoisotopic (exact) mass is 332 g/mol. The van der Waals surface area contributed by atoms with E-state index >= 15 is 0 Å². The van der Waals surface area contributed by atoms with Gasteiger partial charge in [-0.1, -0.05) is 34.5 Å². The van der Waals surface area contributed by atoms with E-state index in [0.29, 0.717) is 16.3 Å². The van der Waals surface area contributed by atoms with E-state index in [-0.39, 0.29) is 12.5 Å². The minimum atomic E-state index is -0.279. The van der Waals surface area contributed by atoms with Crippen LogP contribution in [-0.4, -0.2) is 23.9 Å². The molecule has 0 fully saturated rings. The Morgan fingerprint density at radius 3 is 2.78 bits per heavy atom. The SMILES string of the molecule is Cc1ccc(NC(=O)COc2ccc(Cl)cc2/C=N/O)c(C)c1. The van der Waals surface area contributed by atoms with Crippen molar-refractivity contribution >= 4 is 29.4 Å². The summed E-state index contributed by atoms with van der Waals surface area (Å²) in [6, 6.07) is 10.6. The number of hydrogen-bond donors (Lipinski definition) is 2. The number of amides is 1. The molecule has 1 amide bonds. The average molecular weight is 333 g/mol. The van der Waals surface area contributed by atoms with Crippen molar-refractivity contribution in [3.05, 3.63) is 58.1 Å². The summed E-state index contributed by atoms with van der Waals surface area (Å²) in [4.78, 5) is 12.0. The molecule has 2 N–H and O–H groups in total. The molecule has 0 aliphatic carbocycles. The molecule has 6 heteroatoms. The van der Waals surface area contributed by atoms with Crippen molar-refractivity contribution in [1.29, 1.82) is 0 Å². The molecule has 2 aromatic rings. The molecule has 0 bridgehead atoms. The molecule has 0 spiro atoms. The highest BCUT2D eigenvalue weighted by Crippen LogP contribution is 2.22. The van der Waals surface area contributed by atoms with E-state index in [4.69, 9.17) is 21.5 Å². The molecular weight excluding hydrogens is 316 g/mol. The van der Waals surface area contributed by atoms with Crippen molar-refractivity contribution < 1.29 is 14.7 Å². The minimum absolute atomic E-state index is 0.165. The zero-order valence-corrected chi connectivity index (χ0v) is 13.6. The van der Waals surface area contributed by atoms with Crippen molar-refractivity contribution in [2.45, 2.75) is 13.8 Å². The maximum atomic E-state index is 12.0. The number of carbonyl (C=O) groups is 1. The fourth-order valence-electron chi connectivity index (χ4n) is 2.10. The Bertz CT molecular complexity index is 745.